The van der Waals surface area contributed by atoms with E-state index in [0.29, 0.717) is 6.54 Å². The molecule has 2 N–H and O–H groups in total. The predicted octanol–water partition coefficient (Wildman–Crippen LogP) is 0.539. The molecule has 2 rings (SSSR count). The van der Waals surface area contributed by atoms with Gasteiger partial charge in [0.25, 0.3) is 0 Å². The summed E-state index contributed by atoms with van der Waals surface area (Å²) in [6, 6.07) is 5.96. The third-order valence-electron chi connectivity index (χ3n) is 2.06. The van der Waals surface area contributed by atoms with Gasteiger partial charge in [-0.2, -0.15) is 0 Å². The van der Waals surface area contributed by atoms with Gasteiger partial charge in [-0.3, -0.25) is 4.40 Å². The summed E-state index contributed by atoms with van der Waals surface area (Å²) in [7, 11) is 0. The van der Waals surface area contributed by atoms with E-state index >= 15 is 0 Å². The molecule has 0 unspecified atom stereocenters. The number of pyridine rings is 1. The largest absolute Gasteiger partial charge is 0.330 e. The van der Waals surface area contributed by atoms with Gasteiger partial charge in [0.05, 0.1) is 0 Å². The Kier molecular flexibility index (Phi) is 1.98. The van der Waals surface area contributed by atoms with Crippen LogP contribution in [0.4, 0.5) is 0 Å². The first-order valence-corrected chi connectivity index (χ1v) is 4.32. The predicted molar refractivity (Wildman–Crippen MR) is 50.5 cm³/mol. The van der Waals surface area contributed by atoms with Gasteiger partial charge in [0.15, 0.2) is 5.65 Å². The first kappa shape index (κ1) is 8.19. The molecule has 0 aliphatic carbocycles. The van der Waals surface area contributed by atoms with E-state index in [4.69, 9.17) is 5.73 Å². The molecule has 0 aliphatic rings. The maximum absolute atomic E-state index is 5.48. The number of hydrogen-bond acceptors (Lipinski definition) is 3. The van der Waals surface area contributed by atoms with E-state index in [9.17, 15) is 0 Å². The van der Waals surface area contributed by atoms with Crippen molar-refractivity contribution in [2.24, 2.45) is 5.73 Å². The fourth-order valence-electron chi connectivity index (χ4n) is 1.46. The van der Waals surface area contributed by atoms with E-state index in [2.05, 4.69) is 10.2 Å². The first-order valence-electron chi connectivity index (χ1n) is 4.32. The summed E-state index contributed by atoms with van der Waals surface area (Å²) in [5.74, 6) is 0.940. The smallest absolute Gasteiger partial charge is 0.160 e. The fourth-order valence-corrected chi connectivity index (χ4v) is 1.46. The quantitative estimate of drug-likeness (QED) is 0.726. The zero-order valence-electron chi connectivity index (χ0n) is 7.57. The van der Waals surface area contributed by atoms with Gasteiger partial charge in [-0.1, -0.05) is 6.07 Å². The van der Waals surface area contributed by atoms with Crippen molar-refractivity contribution in [1.29, 1.82) is 0 Å². The highest BCUT2D eigenvalue weighted by Crippen LogP contribution is 2.07. The van der Waals surface area contributed by atoms with E-state index in [1.807, 2.05) is 29.5 Å². The molecule has 0 bridgehead atoms. The normalized spacial score (nSPS) is 10.9. The van der Waals surface area contributed by atoms with Crippen LogP contribution in [0.5, 0.6) is 0 Å². The zero-order chi connectivity index (χ0) is 9.26. The van der Waals surface area contributed by atoms with Gasteiger partial charge >= 0.3 is 0 Å². The molecule has 0 spiro atoms. The highest BCUT2D eigenvalue weighted by atomic mass is 15.2. The second-order valence-corrected chi connectivity index (χ2v) is 3.02. The maximum atomic E-state index is 5.48. The summed E-state index contributed by atoms with van der Waals surface area (Å²) in [6.07, 6.45) is 0.770. The Hall–Kier alpha value is -1.42. The minimum atomic E-state index is 0.606. The van der Waals surface area contributed by atoms with Gasteiger partial charge in [0.2, 0.25) is 0 Å². The van der Waals surface area contributed by atoms with Crippen LogP contribution in [-0.2, 0) is 6.42 Å². The van der Waals surface area contributed by atoms with Crippen molar-refractivity contribution in [3.63, 3.8) is 0 Å². The molecule has 13 heavy (non-hydrogen) atoms. The fraction of sp³-hybridized carbons (Fsp3) is 0.333. The SMILES string of the molecule is Cc1cccc2nnc(CCN)n12. The molecule has 4 heteroatoms. The second-order valence-electron chi connectivity index (χ2n) is 3.02. The van der Waals surface area contributed by atoms with Crippen molar-refractivity contribution < 1.29 is 0 Å². The summed E-state index contributed by atoms with van der Waals surface area (Å²) in [6.45, 7) is 2.64. The van der Waals surface area contributed by atoms with E-state index in [1.54, 1.807) is 0 Å². The van der Waals surface area contributed by atoms with Gasteiger partial charge in [-0.25, -0.2) is 0 Å². The number of aryl methyl sites for hydroxylation is 1. The average Bonchev–Trinajstić information content (AvgIpc) is 2.51. The Balaban J connectivity index is 2.64. The van der Waals surface area contributed by atoms with Gasteiger partial charge in [0, 0.05) is 12.1 Å². The van der Waals surface area contributed by atoms with Gasteiger partial charge in [-0.15, -0.1) is 10.2 Å². The third kappa shape index (κ3) is 1.29. The average molecular weight is 176 g/mol. The summed E-state index contributed by atoms with van der Waals surface area (Å²) >= 11 is 0. The zero-order valence-corrected chi connectivity index (χ0v) is 7.57. The lowest BCUT2D eigenvalue weighted by molar-refractivity contribution is 0.837. The van der Waals surface area contributed by atoms with Crippen molar-refractivity contribution in [2.75, 3.05) is 6.54 Å². The van der Waals surface area contributed by atoms with Crippen molar-refractivity contribution in [3.8, 4) is 0 Å². The summed E-state index contributed by atoms with van der Waals surface area (Å²) in [4.78, 5) is 0. The van der Waals surface area contributed by atoms with Crippen LogP contribution < -0.4 is 5.73 Å². The Morgan fingerprint density at radius 1 is 1.38 bits per heavy atom. The third-order valence-corrected chi connectivity index (χ3v) is 2.06. The highest BCUT2D eigenvalue weighted by Gasteiger charge is 2.04. The minimum Gasteiger partial charge on any atom is -0.330 e. The second kappa shape index (κ2) is 3.14. The van der Waals surface area contributed by atoms with Crippen molar-refractivity contribution >= 4 is 5.65 Å². The highest BCUT2D eigenvalue weighted by molar-refractivity contribution is 5.39. The molecule has 2 aromatic rings. The number of fused-ring (bicyclic) bond motifs is 1. The lowest BCUT2D eigenvalue weighted by Gasteiger charge is -2.01. The van der Waals surface area contributed by atoms with Gasteiger partial charge in [-0.05, 0) is 25.6 Å². The lowest BCUT2D eigenvalue weighted by atomic mass is 10.3. The number of rotatable bonds is 2. The van der Waals surface area contributed by atoms with Crippen molar-refractivity contribution in [2.45, 2.75) is 13.3 Å². The lowest BCUT2D eigenvalue weighted by Crippen LogP contribution is -2.07. The number of aromatic nitrogens is 3. The van der Waals surface area contributed by atoms with Crippen LogP contribution in [0.15, 0.2) is 18.2 Å². The van der Waals surface area contributed by atoms with Crippen molar-refractivity contribution in [1.82, 2.24) is 14.6 Å². The van der Waals surface area contributed by atoms with Gasteiger partial charge in [0.1, 0.15) is 5.82 Å². The Morgan fingerprint density at radius 3 is 3.00 bits per heavy atom. The molecule has 0 aromatic carbocycles. The van der Waals surface area contributed by atoms with Crippen molar-refractivity contribution in [3.05, 3.63) is 29.7 Å². The molecule has 4 nitrogen and oxygen atoms in total. The van der Waals surface area contributed by atoms with Crippen LogP contribution >= 0.6 is 0 Å². The molecule has 2 heterocycles. The summed E-state index contributed by atoms with van der Waals surface area (Å²) in [5.41, 5.74) is 7.52. The number of nitrogens with zero attached hydrogens (tertiary/aromatic N) is 3. The topological polar surface area (TPSA) is 56.2 Å². The number of hydrogen-bond donors (Lipinski definition) is 1. The molecule has 0 atom stereocenters. The van der Waals surface area contributed by atoms with E-state index in [0.717, 1.165) is 23.6 Å². The minimum absolute atomic E-state index is 0.606. The van der Waals surface area contributed by atoms with E-state index in [1.165, 1.54) is 0 Å². The first-order chi connectivity index (χ1) is 6.33. The summed E-state index contributed by atoms with van der Waals surface area (Å²) in [5, 5.41) is 8.13. The molecule has 0 aliphatic heterocycles. The van der Waals surface area contributed by atoms with Crippen LogP contribution in [-0.4, -0.2) is 21.1 Å². The van der Waals surface area contributed by atoms with Crippen LogP contribution in [0, 0.1) is 6.92 Å². The number of nitrogens with two attached hydrogens (primary N) is 1. The Labute approximate surface area is 76.4 Å². The molecular formula is C9H12N4. The molecule has 0 radical (unpaired) electrons. The molecule has 0 fully saturated rings. The van der Waals surface area contributed by atoms with Crippen LogP contribution in [0.3, 0.4) is 0 Å². The maximum Gasteiger partial charge on any atom is 0.160 e. The van der Waals surface area contributed by atoms with Crippen LogP contribution in [0.2, 0.25) is 0 Å². The van der Waals surface area contributed by atoms with Crippen LogP contribution in [0.25, 0.3) is 5.65 Å². The van der Waals surface area contributed by atoms with E-state index < -0.39 is 0 Å². The van der Waals surface area contributed by atoms with Crippen LogP contribution in [0.1, 0.15) is 11.5 Å². The Bertz CT molecular complexity index is 418. The Morgan fingerprint density at radius 2 is 2.23 bits per heavy atom. The molecule has 0 amide bonds. The van der Waals surface area contributed by atoms with Gasteiger partial charge < -0.3 is 5.73 Å². The molecule has 2 aromatic heterocycles. The summed E-state index contributed by atoms with van der Waals surface area (Å²) < 4.78 is 2.03. The standard InChI is InChI=1S/C9H12N4/c1-7-3-2-4-8-11-12-9(5-6-10)13(7)8/h2-4H,5-6,10H2,1H3. The monoisotopic (exact) mass is 176 g/mol. The molecule has 0 saturated carbocycles. The van der Waals surface area contributed by atoms with E-state index in [-0.39, 0.29) is 0 Å². The molecule has 0 saturated heterocycles. The molecule has 68 valence electrons. The molecular weight excluding hydrogens is 164 g/mol.